The van der Waals surface area contributed by atoms with Crippen LogP contribution >= 0.6 is 0 Å². The van der Waals surface area contributed by atoms with Crippen LogP contribution in [-0.2, 0) is 11.2 Å². The number of amides is 2. The van der Waals surface area contributed by atoms with Gasteiger partial charge in [0.25, 0.3) is 5.91 Å². The van der Waals surface area contributed by atoms with Gasteiger partial charge in [-0.25, -0.2) is 8.78 Å². The zero-order valence-electron chi connectivity index (χ0n) is 12.3. The third kappa shape index (κ3) is 5.18. The molecular weight excluding hydrogens is 302 g/mol. The Bertz CT molecular complexity index is 687. The Labute approximate surface area is 132 Å². The molecule has 0 spiro atoms. The van der Waals surface area contributed by atoms with Gasteiger partial charge in [0.2, 0.25) is 5.91 Å². The molecule has 0 fully saturated rings. The first-order valence-corrected chi connectivity index (χ1v) is 7.10. The van der Waals surface area contributed by atoms with Crippen molar-refractivity contribution < 1.29 is 18.4 Å². The highest BCUT2D eigenvalue weighted by Crippen LogP contribution is 2.05. The number of rotatable bonds is 6. The summed E-state index contributed by atoms with van der Waals surface area (Å²) in [4.78, 5) is 23.4. The second-order valence-corrected chi connectivity index (χ2v) is 4.89. The van der Waals surface area contributed by atoms with Crippen LogP contribution in [0.4, 0.5) is 8.78 Å². The minimum atomic E-state index is -0.642. The molecule has 0 atom stereocenters. The summed E-state index contributed by atoms with van der Waals surface area (Å²) in [6.45, 7) is 0.122. The van der Waals surface area contributed by atoms with Gasteiger partial charge in [-0.3, -0.25) is 9.59 Å². The predicted molar refractivity (Wildman–Crippen MR) is 81.8 cm³/mol. The highest BCUT2D eigenvalue weighted by Gasteiger charge is 2.11. The minimum Gasteiger partial charge on any atom is -0.354 e. The van der Waals surface area contributed by atoms with Crippen LogP contribution in [-0.4, -0.2) is 24.9 Å². The van der Waals surface area contributed by atoms with Crippen molar-refractivity contribution in [1.29, 1.82) is 0 Å². The number of carbonyl (C=O) groups excluding carboxylic acids is 2. The summed E-state index contributed by atoms with van der Waals surface area (Å²) in [5.41, 5.74) is 0.786. The maximum Gasteiger partial charge on any atom is 0.254 e. The highest BCUT2D eigenvalue weighted by atomic mass is 19.1. The average Bonchev–Trinajstić information content (AvgIpc) is 2.55. The molecule has 0 saturated heterocycles. The van der Waals surface area contributed by atoms with E-state index in [1.165, 1.54) is 30.3 Å². The van der Waals surface area contributed by atoms with Crippen molar-refractivity contribution in [3.8, 4) is 0 Å². The molecule has 2 aromatic carbocycles. The lowest BCUT2D eigenvalue weighted by Crippen LogP contribution is -2.37. The Morgan fingerprint density at radius 2 is 1.61 bits per heavy atom. The lowest BCUT2D eigenvalue weighted by molar-refractivity contribution is -0.120. The predicted octanol–water partition coefficient (Wildman–Crippen LogP) is 2.05. The van der Waals surface area contributed by atoms with E-state index in [0.29, 0.717) is 13.0 Å². The van der Waals surface area contributed by atoms with Crippen LogP contribution in [0.15, 0.2) is 48.5 Å². The van der Waals surface area contributed by atoms with E-state index in [4.69, 9.17) is 0 Å². The Balaban J connectivity index is 1.72. The smallest absolute Gasteiger partial charge is 0.254 e. The highest BCUT2D eigenvalue weighted by molar-refractivity contribution is 5.96. The molecule has 0 aliphatic carbocycles. The second kappa shape index (κ2) is 8.03. The molecule has 23 heavy (non-hydrogen) atoms. The van der Waals surface area contributed by atoms with Gasteiger partial charge in [0.1, 0.15) is 11.6 Å². The van der Waals surface area contributed by atoms with Crippen molar-refractivity contribution in [3.05, 3.63) is 71.3 Å². The van der Waals surface area contributed by atoms with Gasteiger partial charge in [-0.15, -0.1) is 0 Å². The fourth-order valence-corrected chi connectivity index (χ4v) is 1.96. The largest absolute Gasteiger partial charge is 0.354 e. The third-order valence-electron chi connectivity index (χ3n) is 3.18. The van der Waals surface area contributed by atoms with Gasteiger partial charge in [0.05, 0.1) is 12.1 Å². The van der Waals surface area contributed by atoms with E-state index in [2.05, 4.69) is 10.6 Å². The molecule has 2 aromatic rings. The number of halogens is 2. The Morgan fingerprint density at radius 3 is 2.30 bits per heavy atom. The van der Waals surface area contributed by atoms with E-state index in [-0.39, 0.29) is 23.8 Å². The van der Waals surface area contributed by atoms with Crippen molar-refractivity contribution in [2.75, 3.05) is 13.1 Å². The van der Waals surface area contributed by atoms with Crippen LogP contribution in [0.1, 0.15) is 15.9 Å². The summed E-state index contributed by atoms with van der Waals surface area (Å²) in [7, 11) is 0. The zero-order valence-corrected chi connectivity index (χ0v) is 12.3. The fraction of sp³-hybridized carbons (Fsp3) is 0.176. The quantitative estimate of drug-likeness (QED) is 0.856. The average molecular weight is 318 g/mol. The summed E-state index contributed by atoms with van der Waals surface area (Å²) in [6, 6.07) is 11.5. The van der Waals surface area contributed by atoms with Gasteiger partial charge in [-0.2, -0.15) is 0 Å². The van der Waals surface area contributed by atoms with Crippen molar-refractivity contribution in [3.63, 3.8) is 0 Å². The van der Waals surface area contributed by atoms with Crippen LogP contribution in [0.5, 0.6) is 0 Å². The number of nitrogens with one attached hydrogen (secondary N) is 2. The zero-order chi connectivity index (χ0) is 16.7. The molecule has 2 amide bonds. The van der Waals surface area contributed by atoms with Crippen LogP contribution < -0.4 is 10.6 Å². The Kier molecular flexibility index (Phi) is 5.80. The summed E-state index contributed by atoms with van der Waals surface area (Å²) in [5, 5.41) is 4.98. The summed E-state index contributed by atoms with van der Waals surface area (Å²) in [5.74, 6) is -1.97. The standard InChI is InChI=1S/C17H16F2N2O2/c18-13-7-5-12(6-8-13)9-10-20-16(22)11-21-17(23)14-3-1-2-4-15(14)19/h1-8H,9-11H2,(H,20,22)(H,21,23). The number of hydrogen-bond acceptors (Lipinski definition) is 2. The molecule has 0 radical (unpaired) electrons. The minimum absolute atomic E-state index is 0.105. The Morgan fingerprint density at radius 1 is 0.913 bits per heavy atom. The number of benzene rings is 2. The molecule has 6 heteroatoms. The van der Waals surface area contributed by atoms with Gasteiger partial charge >= 0.3 is 0 Å². The lowest BCUT2D eigenvalue weighted by Gasteiger charge is -2.07. The SMILES string of the molecule is O=C(CNC(=O)c1ccccc1F)NCCc1ccc(F)cc1. The van der Waals surface area contributed by atoms with Crippen LogP contribution in [0, 0.1) is 11.6 Å². The van der Waals surface area contributed by atoms with Gasteiger partial charge in [0, 0.05) is 6.54 Å². The summed E-state index contributed by atoms with van der Waals surface area (Å²) < 4.78 is 26.1. The molecular formula is C17H16F2N2O2. The maximum absolute atomic E-state index is 13.4. The normalized spacial score (nSPS) is 10.2. The molecule has 0 saturated carbocycles. The second-order valence-electron chi connectivity index (χ2n) is 4.89. The number of carbonyl (C=O) groups is 2. The third-order valence-corrected chi connectivity index (χ3v) is 3.18. The first-order chi connectivity index (χ1) is 11.1. The monoisotopic (exact) mass is 318 g/mol. The molecule has 0 aliphatic heterocycles. The summed E-state index contributed by atoms with van der Waals surface area (Å²) >= 11 is 0. The van der Waals surface area contributed by atoms with Crippen molar-refractivity contribution in [1.82, 2.24) is 10.6 Å². The van der Waals surface area contributed by atoms with Crippen molar-refractivity contribution in [2.24, 2.45) is 0 Å². The van der Waals surface area contributed by atoms with E-state index < -0.39 is 11.7 Å². The van der Waals surface area contributed by atoms with E-state index in [0.717, 1.165) is 5.56 Å². The van der Waals surface area contributed by atoms with Gasteiger partial charge < -0.3 is 10.6 Å². The Hall–Kier alpha value is -2.76. The fourth-order valence-electron chi connectivity index (χ4n) is 1.96. The molecule has 0 aromatic heterocycles. The topological polar surface area (TPSA) is 58.2 Å². The first kappa shape index (κ1) is 16.6. The molecule has 0 unspecified atom stereocenters. The van der Waals surface area contributed by atoms with E-state index in [9.17, 15) is 18.4 Å². The van der Waals surface area contributed by atoms with E-state index >= 15 is 0 Å². The molecule has 4 nitrogen and oxygen atoms in total. The van der Waals surface area contributed by atoms with Crippen molar-refractivity contribution in [2.45, 2.75) is 6.42 Å². The lowest BCUT2D eigenvalue weighted by atomic mass is 10.1. The molecule has 2 rings (SSSR count). The first-order valence-electron chi connectivity index (χ1n) is 7.10. The maximum atomic E-state index is 13.4. The van der Waals surface area contributed by atoms with Gasteiger partial charge in [-0.1, -0.05) is 24.3 Å². The molecule has 0 bridgehead atoms. The number of hydrogen-bond donors (Lipinski definition) is 2. The molecule has 0 aliphatic rings. The van der Waals surface area contributed by atoms with Crippen LogP contribution in [0.2, 0.25) is 0 Å². The van der Waals surface area contributed by atoms with Gasteiger partial charge in [0.15, 0.2) is 0 Å². The molecule has 0 heterocycles. The van der Waals surface area contributed by atoms with Gasteiger partial charge in [-0.05, 0) is 36.2 Å². The van der Waals surface area contributed by atoms with E-state index in [1.807, 2.05) is 0 Å². The van der Waals surface area contributed by atoms with Crippen molar-refractivity contribution >= 4 is 11.8 Å². The molecule has 2 N–H and O–H groups in total. The van der Waals surface area contributed by atoms with E-state index in [1.54, 1.807) is 18.2 Å². The van der Waals surface area contributed by atoms with Crippen LogP contribution in [0.25, 0.3) is 0 Å². The summed E-state index contributed by atoms with van der Waals surface area (Å²) in [6.07, 6.45) is 0.549. The molecule has 120 valence electrons. The van der Waals surface area contributed by atoms with Crippen LogP contribution in [0.3, 0.4) is 0 Å².